The van der Waals surface area contributed by atoms with Crippen LogP contribution < -0.4 is 10.1 Å². The smallest absolute Gasteiger partial charge is 0.326 e. The predicted molar refractivity (Wildman–Crippen MR) is 96.3 cm³/mol. The van der Waals surface area contributed by atoms with Gasteiger partial charge in [0.05, 0.1) is 0 Å². The minimum Gasteiger partial charge on any atom is -0.484 e. The topological polar surface area (TPSA) is 92.7 Å². The summed E-state index contributed by atoms with van der Waals surface area (Å²) in [6.45, 7) is 1.55. The van der Waals surface area contributed by atoms with Crippen LogP contribution in [0.2, 0.25) is 0 Å². The van der Waals surface area contributed by atoms with Crippen LogP contribution in [0.5, 0.6) is 5.75 Å². The molecule has 6 nitrogen and oxygen atoms in total. The summed E-state index contributed by atoms with van der Waals surface area (Å²) in [7, 11) is 0. The number of nitrogens with one attached hydrogen (secondary N) is 1. The van der Waals surface area contributed by atoms with Crippen LogP contribution >= 0.6 is 0 Å². The number of hydrogen-bond donors (Lipinski definition) is 2. The summed E-state index contributed by atoms with van der Waals surface area (Å²) in [5.74, 6) is -1.25. The number of carbonyl (C=O) groups is 3. The van der Waals surface area contributed by atoms with Gasteiger partial charge in [0, 0.05) is 11.1 Å². The van der Waals surface area contributed by atoms with Crippen molar-refractivity contribution in [3.63, 3.8) is 0 Å². The fraction of sp³-hybridized carbons (Fsp3) is 0.250. The van der Waals surface area contributed by atoms with Crippen molar-refractivity contribution in [2.75, 3.05) is 6.61 Å². The highest BCUT2D eigenvalue weighted by Gasteiger charge is 2.18. The number of hydrogen-bond acceptors (Lipinski definition) is 4. The molecule has 1 amide bonds. The molecule has 0 saturated heterocycles. The molecule has 0 aliphatic carbocycles. The van der Waals surface area contributed by atoms with Crippen LogP contribution in [0.3, 0.4) is 0 Å². The molecule has 0 saturated carbocycles. The minimum atomic E-state index is -1.07. The standard InChI is InChI=1S/C20H21NO5/c1-2-6-17(20(24)25)21-18(22)13-26-16-11-9-15(10-12-16)19(23)14-7-4-3-5-8-14/h3-5,7-12,17H,2,6,13H2,1H3,(H,21,22)(H,24,25). The van der Waals surface area contributed by atoms with E-state index in [0.29, 0.717) is 29.7 Å². The lowest BCUT2D eigenvalue weighted by Crippen LogP contribution is -2.42. The van der Waals surface area contributed by atoms with E-state index in [2.05, 4.69) is 5.32 Å². The molecule has 0 fully saturated rings. The molecule has 2 aromatic carbocycles. The summed E-state index contributed by atoms with van der Waals surface area (Å²) < 4.78 is 5.35. The van der Waals surface area contributed by atoms with E-state index in [1.165, 1.54) is 0 Å². The third-order valence-electron chi connectivity index (χ3n) is 3.73. The van der Waals surface area contributed by atoms with Gasteiger partial charge in [0.15, 0.2) is 12.4 Å². The molecule has 0 aromatic heterocycles. The van der Waals surface area contributed by atoms with Crippen LogP contribution in [0.4, 0.5) is 0 Å². The van der Waals surface area contributed by atoms with Gasteiger partial charge >= 0.3 is 5.97 Å². The van der Waals surface area contributed by atoms with Crippen LogP contribution in [-0.4, -0.2) is 35.4 Å². The molecule has 0 bridgehead atoms. The fourth-order valence-corrected chi connectivity index (χ4v) is 2.39. The molecule has 0 heterocycles. The largest absolute Gasteiger partial charge is 0.484 e. The Bertz CT molecular complexity index is 756. The normalized spacial score (nSPS) is 11.4. The summed E-state index contributed by atoms with van der Waals surface area (Å²) in [5, 5.41) is 11.4. The van der Waals surface area contributed by atoms with Gasteiger partial charge < -0.3 is 15.2 Å². The first-order chi connectivity index (χ1) is 12.5. The molecular weight excluding hydrogens is 334 g/mol. The first kappa shape index (κ1) is 19.2. The van der Waals surface area contributed by atoms with E-state index in [9.17, 15) is 14.4 Å². The van der Waals surface area contributed by atoms with Crippen LogP contribution in [0.1, 0.15) is 35.7 Å². The van der Waals surface area contributed by atoms with Gasteiger partial charge in [0.25, 0.3) is 5.91 Å². The van der Waals surface area contributed by atoms with Gasteiger partial charge in [-0.05, 0) is 30.7 Å². The monoisotopic (exact) mass is 355 g/mol. The van der Waals surface area contributed by atoms with Crippen LogP contribution in [0, 0.1) is 0 Å². The van der Waals surface area contributed by atoms with E-state index >= 15 is 0 Å². The summed E-state index contributed by atoms with van der Waals surface area (Å²) >= 11 is 0. The van der Waals surface area contributed by atoms with Crippen molar-refractivity contribution in [2.45, 2.75) is 25.8 Å². The van der Waals surface area contributed by atoms with E-state index in [4.69, 9.17) is 9.84 Å². The van der Waals surface area contributed by atoms with Crippen LogP contribution in [0.15, 0.2) is 54.6 Å². The summed E-state index contributed by atoms with van der Waals surface area (Å²) in [5.41, 5.74) is 1.11. The van der Waals surface area contributed by atoms with Crippen LogP contribution in [0.25, 0.3) is 0 Å². The minimum absolute atomic E-state index is 0.0984. The lowest BCUT2D eigenvalue weighted by Gasteiger charge is -2.14. The highest BCUT2D eigenvalue weighted by molar-refractivity contribution is 6.08. The summed E-state index contributed by atoms with van der Waals surface area (Å²) in [6.07, 6.45) is 1.01. The van der Waals surface area contributed by atoms with Gasteiger partial charge in [-0.15, -0.1) is 0 Å². The molecule has 0 spiro atoms. The number of rotatable bonds is 9. The SMILES string of the molecule is CCCC(NC(=O)COc1ccc(C(=O)c2ccccc2)cc1)C(=O)O. The maximum Gasteiger partial charge on any atom is 0.326 e. The molecule has 0 radical (unpaired) electrons. The van der Waals surface area contributed by atoms with E-state index in [1.807, 2.05) is 13.0 Å². The molecule has 2 rings (SSSR count). The Morgan fingerprint density at radius 3 is 2.19 bits per heavy atom. The Balaban J connectivity index is 1.90. The zero-order valence-corrected chi connectivity index (χ0v) is 14.5. The van der Waals surface area contributed by atoms with Crippen LogP contribution in [-0.2, 0) is 9.59 Å². The number of carboxylic acids is 1. The molecule has 0 aliphatic heterocycles. The average molecular weight is 355 g/mol. The fourth-order valence-electron chi connectivity index (χ4n) is 2.39. The molecule has 6 heteroatoms. The van der Waals surface area contributed by atoms with Crippen molar-refractivity contribution < 1.29 is 24.2 Å². The number of ketones is 1. The van der Waals surface area contributed by atoms with E-state index in [-0.39, 0.29) is 12.4 Å². The van der Waals surface area contributed by atoms with Crippen molar-refractivity contribution in [3.8, 4) is 5.75 Å². The molecule has 1 unspecified atom stereocenters. The Morgan fingerprint density at radius 1 is 1.00 bits per heavy atom. The molecule has 26 heavy (non-hydrogen) atoms. The Hall–Kier alpha value is -3.15. The highest BCUT2D eigenvalue weighted by atomic mass is 16.5. The number of carboxylic acid groups (broad SMARTS) is 1. The van der Waals surface area contributed by atoms with Crippen molar-refractivity contribution in [1.29, 1.82) is 0 Å². The van der Waals surface area contributed by atoms with Crippen molar-refractivity contribution in [3.05, 3.63) is 65.7 Å². The third kappa shape index (κ3) is 5.44. The van der Waals surface area contributed by atoms with Gasteiger partial charge in [-0.3, -0.25) is 9.59 Å². The van der Waals surface area contributed by atoms with Gasteiger partial charge in [0.1, 0.15) is 11.8 Å². The maximum atomic E-state index is 12.3. The van der Waals surface area contributed by atoms with Crippen molar-refractivity contribution in [1.82, 2.24) is 5.32 Å². The molecule has 2 aromatic rings. The number of amides is 1. The number of aliphatic carboxylic acids is 1. The summed E-state index contributed by atoms with van der Waals surface area (Å²) in [6, 6.07) is 14.5. The average Bonchev–Trinajstić information content (AvgIpc) is 2.66. The third-order valence-corrected chi connectivity index (χ3v) is 3.73. The molecule has 1 atom stereocenters. The predicted octanol–water partition coefficient (Wildman–Crippen LogP) is 2.67. The molecule has 0 aliphatic rings. The number of ether oxygens (including phenoxy) is 1. The first-order valence-electron chi connectivity index (χ1n) is 8.36. The van der Waals surface area contributed by atoms with E-state index in [1.54, 1.807) is 48.5 Å². The number of benzene rings is 2. The summed E-state index contributed by atoms with van der Waals surface area (Å²) in [4.78, 5) is 35.2. The van der Waals surface area contributed by atoms with Gasteiger partial charge in [-0.1, -0.05) is 43.7 Å². The quantitative estimate of drug-likeness (QED) is 0.675. The number of carbonyl (C=O) groups excluding carboxylic acids is 2. The lowest BCUT2D eigenvalue weighted by atomic mass is 10.0. The molecule has 136 valence electrons. The van der Waals surface area contributed by atoms with E-state index < -0.39 is 17.9 Å². The second-order valence-corrected chi connectivity index (χ2v) is 5.76. The highest BCUT2D eigenvalue weighted by Crippen LogP contribution is 2.15. The van der Waals surface area contributed by atoms with E-state index in [0.717, 1.165) is 0 Å². The zero-order chi connectivity index (χ0) is 18.9. The lowest BCUT2D eigenvalue weighted by molar-refractivity contribution is -0.142. The van der Waals surface area contributed by atoms with Crippen molar-refractivity contribution >= 4 is 17.7 Å². The Morgan fingerprint density at radius 2 is 1.62 bits per heavy atom. The second kappa shape index (κ2) is 9.36. The molecular formula is C20H21NO5. The van der Waals surface area contributed by atoms with Gasteiger partial charge in [0.2, 0.25) is 0 Å². The molecule has 2 N–H and O–H groups in total. The Labute approximate surface area is 151 Å². The second-order valence-electron chi connectivity index (χ2n) is 5.76. The first-order valence-corrected chi connectivity index (χ1v) is 8.36. The Kier molecular flexibility index (Phi) is 6.91. The van der Waals surface area contributed by atoms with Gasteiger partial charge in [-0.2, -0.15) is 0 Å². The maximum absolute atomic E-state index is 12.3. The van der Waals surface area contributed by atoms with Crippen molar-refractivity contribution in [2.24, 2.45) is 0 Å². The van der Waals surface area contributed by atoms with Gasteiger partial charge in [-0.25, -0.2) is 4.79 Å². The zero-order valence-electron chi connectivity index (χ0n) is 14.5.